The Morgan fingerprint density at radius 3 is 2.08 bits per heavy atom. The third-order valence-electron chi connectivity index (χ3n) is 4.83. The van der Waals surface area contributed by atoms with Crippen molar-refractivity contribution in [1.29, 1.82) is 0 Å². The Hall–Kier alpha value is -1.58. The van der Waals surface area contributed by atoms with E-state index < -0.39 is 5.97 Å². The molecular formula is C20H32O4. The van der Waals surface area contributed by atoms with Crippen LogP contribution in [-0.2, 0) is 14.3 Å². The second-order valence-corrected chi connectivity index (χ2v) is 6.89. The molecule has 24 heavy (non-hydrogen) atoms. The van der Waals surface area contributed by atoms with Gasteiger partial charge in [0.25, 0.3) is 0 Å². The quantitative estimate of drug-likeness (QED) is 0.573. The first-order chi connectivity index (χ1) is 11.5. The van der Waals surface area contributed by atoms with E-state index in [0.29, 0.717) is 24.0 Å². The van der Waals surface area contributed by atoms with Gasteiger partial charge in [-0.15, -0.1) is 0 Å². The topological polar surface area (TPSA) is 63.6 Å². The van der Waals surface area contributed by atoms with Crippen molar-refractivity contribution in [2.45, 2.75) is 71.1 Å². The highest BCUT2D eigenvalue weighted by atomic mass is 16.5. The Balaban J connectivity index is 0.000000240. The van der Waals surface area contributed by atoms with Gasteiger partial charge in [0, 0.05) is 11.6 Å². The SMILES string of the molecule is C=CC(=O)OCC1CCCCC1.CC(=CC1CCCCC1)C(=O)O. The number of carboxylic acids is 1. The van der Waals surface area contributed by atoms with Gasteiger partial charge in [0.2, 0.25) is 0 Å². The summed E-state index contributed by atoms with van der Waals surface area (Å²) in [6, 6.07) is 0. The van der Waals surface area contributed by atoms with E-state index in [1.54, 1.807) is 6.92 Å². The zero-order chi connectivity index (χ0) is 17.8. The van der Waals surface area contributed by atoms with Gasteiger partial charge in [0.1, 0.15) is 0 Å². The summed E-state index contributed by atoms with van der Waals surface area (Å²) >= 11 is 0. The Bertz CT molecular complexity index is 427. The van der Waals surface area contributed by atoms with Gasteiger partial charge in [-0.05, 0) is 44.4 Å². The molecule has 2 saturated carbocycles. The van der Waals surface area contributed by atoms with E-state index in [1.807, 2.05) is 6.08 Å². The zero-order valence-electron chi connectivity index (χ0n) is 15.0. The number of carbonyl (C=O) groups is 2. The minimum absolute atomic E-state index is 0.291. The van der Waals surface area contributed by atoms with Crippen molar-refractivity contribution in [1.82, 2.24) is 0 Å². The molecule has 4 heteroatoms. The van der Waals surface area contributed by atoms with E-state index >= 15 is 0 Å². The van der Waals surface area contributed by atoms with E-state index in [-0.39, 0.29) is 5.97 Å². The predicted molar refractivity (Wildman–Crippen MR) is 95.7 cm³/mol. The second-order valence-electron chi connectivity index (χ2n) is 6.89. The molecule has 136 valence electrons. The van der Waals surface area contributed by atoms with Crippen molar-refractivity contribution >= 4 is 11.9 Å². The highest BCUT2D eigenvalue weighted by Gasteiger charge is 2.14. The van der Waals surface area contributed by atoms with Crippen molar-refractivity contribution in [3.63, 3.8) is 0 Å². The highest BCUT2D eigenvalue weighted by Crippen LogP contribution is 2.25. The number of carbonyl (C=O) groups excluding carboxylic acids is 1. The Morgan fingerprint density at radius 1 is 1.04 bits per heavy atom. The number of rotatable bonds is 5. The Kier molecular flexibility index (Phi) is 10.1. The third kappa shape index (κ3) is 8.90. The van der Waals surface area contributed by atoms with E-state index in [0.717, 1.165) is 0 Å². The maximum Gasteiger partial charge on any atom is 0.330 e. The van der Waals surface area contributed by atoms with Gasteiger partial charge < -0.3 is 9.84 Å². The summed E-state index contributed by atoms with van der Waals surface area (Å²) in [4.78, 5) is 21.2. The van der Waals surface area contributed by atoms with Gasteiger partial charge in [0.15, 0.2) is 0 Å². The van der Waals surface area contributed by atoms with Crippen molar-refractivity contribution in [2.75, 3.05) is 6.61 Å². The fourth-order valence-corrected chi connectivity index (χ4v) is 3.34. The van der Waals surface area contributed by atoms with Gasteiger partial charge in [-0.25, -0.2) is 9.59 Å². The van der Waals surface area contributed by atoms with E-state index in [2.05, 4.69) is 6.58 Å². The number of hydrogen-bond donors (Lipinski definition) is 1. The summed E-state index contributed by atoms with van der Waals surface area (Å²) in [6.07, 6.45) is 15.7. The first-order valence-electron chi connectivity index (χ1n) is 9.23. The average molecular weight is 336 g/mol. The Labute approximate surface area is 146 Å². The Morgan fingerprint density at radius 2 is 1.58 bits per heavy atom. The van der Waals surface area contributed by atoms with Crippen LogP contribution in [0.4, 0.5) is 0 Å². The first kappa shape index (κ1) is 20.5. The molecule has 0 aromatic heterocycles. The van der Waals surface area contributed by atoms with E-state index in [1.165, 1.54) is 70.3 Å². The summed E-state index contributed by atoms with van der Waals surface area (Å²) in [5.41, 5.74) is 0.502. The van der Waals surface area contributed by atoms with E-state index in [9.17, 15) is 9.59 Å². The number of esters is 1. The molecule has 2 aliphatic rings. The lowest BCUT2D eigenvalue weighted by Gasteiger charge is -2.20. The summed E-state index contributed by atoms with van der Waals surface area (Å²) < 4.78 is 4.97. The average Bonchev–Trinajstić information content (AvgIpc) is 2.62. The molecule has 0 aliphatic heterocycles. The molecule has 2 fully saturated rings. The van der Waals surface area contributed by atoms with Crippen molar-refractivity contribution in [3.05, 3.63) is 24.3 Å². The molecule has 0 aromatic rings. The third-order valence-corrected chi connectivity index (χ3v) is 4.83. The summed E-state index contributed by atoms with van der Waals surface area (Å²) in [5, 5.41) is 8.64. The minimum atomic E-state index is -0.777. The highest BCUT2D eigenvalue weighted by molar-refractivity contribution is 5.85. The fraction of sp³-hybridized carbons (Fsp3) is 0.700. The van der Waals surface area contributed by atoms with Gasteiger partial charge in [-0.1, -0.05) is 51.2 Å². The molecule has 0 bridgehead atoms. The molecule has 2 aliphatic carbocycles. The number of allylic oxidation sites excluding steroid dienone is 1. The molecule has 0 saturated heterocycles. The zero-order valence-corrected chi connectivity index (χ0v) is 15.0. The molecule has 0 radical (unpaired) electrons. The second kappa shape index (κ2) is 11.9. The molecule has 0 unspecified atom stereocenters. The van der Waals surface area contributed by atoms with Crippen LogP contribution in [0, 0.1) is 11.8 Å². The van der Waals surface area contributed by atoms with Crippen LogP contribution in [0.3, 0.4) is 0 Å². The predicted octanol–water partition coefficient (Wildman–Crippen LogP) is 4.89. The normalized spacial score (nSPS) is 19.8. The monoisotopic (exact) mass is 336 g/mol. The van der Waals surface area contributed by atoms with Crippen LogP contribution >= 0.6 is 0 Å². The maximum absolute atomic E-state index is 10.7. The van der Waals surface area contributed by atoms with Crippen LogP contribution in [0.25, 0.3) is 0 Å². The molecular weight excluding hydrogens is 304 g/mol. The number of hydrogen-bond acceptors (Lipinski definition) is 3. The summed E-state index contributed by atoms with van der Waals surface area (Å²) in [6.45, 7) is 5.62. The molecule has 0 atom stereocenters. The standard InChI is InChI=1S/2C10H16O2/c1-8(10(11)12)7-9-5-3-2-4-6-9;1-2-10(11)12-8-9-6-4-3-5-7-9/h7,9H,2-6H2,1H3,(H,11,12);2,9H,1,3-8H2. The fourth-order valence-electron chi connectivity index (χ4n) is 3.34. The van der Waals surface area contributed by atoms with Crippen LogP contribution in [0.2, 0.25) is 0 Å². The van der Waals surface area contributed by atoms with E-state index in [4.69, 9.17) is 9.84 Å². The van der Waals surface area contributed by atoms with Gasteiger partial charge in [-0.2, -0.15) is 0 Å². The van der Waals surface area contributed by atoms with Gasteiger partial charge >= 0.3 is 11.9 Å². The number of ether oxygens (including phenoxy) is 1. The first-order valence-corrected chi connectivity index (χ1v) is 9.23. The van der Waals surface area contributed by atoms with Crippen LogP contribution in [0.5, 0.6) is 0 Å². The molecule has 0 aromatic carbocycles. The molecule has 0 amide bonds. The van der Waals surface area contributed by atoms with Crippen LogP contribution < -0.4 is 0 Å². The van der Waals surface area contributed by atoms with Crippen molar-refractivity contribution in [3.8, 4) is 0 Å². The lowest BCUT2D eigenvalue weighted by Crippen LogP contribution is -2.15. The molecule has 1 N–H and O–H groups in total. The van der Waals surface area contributed by atoms with Crippen molar-refractivity contribution < 1.29 is 19.4 Å². The van der Waals surface area contributed by atoms with Crippen molar-refractivity contribution in [2.24, 2.45) is 11.8 Å². The molecule has 0 spiro atoms. The maximum atomic E-state index is 10.7. The number of carboxylic acid groups (broad SMARTS) is 1. The summed E-state index contributed by atoms with van der Waals surface area (Å²) in [5.74, 6) is 0.0543. The van der Waals surface area contributed by atoms with Gasteiger partial charge in [0.05, 0.1) is 6.61 Å². The lowest BCUT2D eigenvalue weighted by atomic mass is 9.88. The largest absolute Gasteiger partial charge is 0.478 e. The molecule has 2 rings (SSSR count). The summed E-state index contributed by atoms with van der Waals surface area (Å²) in [7, 11) is 0. The lowest BCUT2D eigenvalue weighted by molar-refractivity contribution is -0.139. The molecule has 0 heterocycles. The number of aliphatic carboxylic acids is 1. The minimum Gasteiger partial charge on any atom is -0.478 e. The molecule has 4 nitrogen and oxygen atoms in total. The van der Waals surface area contributed by atoms with Gasteiger partial charge in [-0.3, -0.25) is 0 Å². The van der Waals surface area contributed by atoms with Crippen LogP contribution in [0.1, 0.15) is 71.1 Å². The van der Waals surface area contributed by atoms with Crippen LogP contribution in [-0.4, -0.2) is 23.7 Å². The smallest absolute Gasteiger partial charge is 0.330 e. The van der Waals surface area contributed by atoms with Crippen LogP contribution in [0.15, 0.2) is 24.3 Å².